The highest BCUT2D eigenvalue weighted by Gasteiger charge is 2.10. The van der Waals surface area contributed by atoms with Crippen molar-refractivity contribution < 1.29 is 9.00 Å². The summed E-state index contributed by atoms with van der Waals surface area (Å²) in [6.07, 6.45) is 0. The quantitative estimate of drug-likeness (QED) is 0.712. The highest BCUT2D eigenvalue weighted by molar-refractivity contribution is 7.84. The summed E-state index contributed by atoms with van der Waals surface area (Å²) < 4.78 is 12.1. The number of rotatable bonds is 6. The van der Waals surface area contributed by atoms with Crippen LogP contribution in [0.2, 0.25) is 0 Å². The average Bonchev–Trinajstić information content (AvgIpc) is 2.62. The average molecular weight is 354 g/mol. The molecule has 2 aromatic carbocycles. The molecule has 1 atom stereocenters. The third-order valence-corrected chi connectivity index (χ3v) is 5.10. The monoisotopic (exact) mass is 354 g/mol. The fraction of sp³-hybridized carbons (Fsp3) is 0.158. The normalized spacial score (nSPS) is 12.0. The molecule has 0 fully saturated rings. The van der Waals surface area contributed by atoms with Gasteiger partial charge < -0.3 is 10.3 Å². The van der Waals surface area contributed by atoms with Gasteiger partial charge in [0.15, 0.2) is 0 Å². The van der Waals surface area contributed by atoms with E-state index in [2.05, 4.69) is 10.3 Å². The van der Waals surface area contributed by atoms with Crippen molar-refractivity contribution >= 4 is 27.5 Å². The molecule has 0 spiro atoms. The Kier molecular flexibility index (Phi) is 5.40. The minimum Gasteiger partial charge on any atom is -0.350 e. The molecule has 0 aliphatic carbocycles. The van der Waals surface area contributed by atoms with Gasteiger partial charge in [0.2, 0.25) is 0 Å². The lowest BCUT2D eigenvalue weighted by Gasteiger charge is -2.07. The Labute approximate surface area is 147 Å². The number of amides is 1. The summed E-state index contributed by atoms with van der Waals surface area (Å²) in [4.78, 5) is 26.8. The maximum Gasteiger partial charge on any atom is 0.267 e. The third-order valence-electron chi connectivity index (χ3n) is 3.78. The van der Waals surface area contributed by atoms with E-state index in [1.165, 1.54) is 0 Å². The van der Waals surface area contributed by atoms with Crippen LogP contribution in [-0.2, 0) is 16.6 Å². The Morgan fingerprint density at radius 2 is 1.76 bits per heavy atom. The van der Waals surface area contributed by atoms with Crippen molar-refractivity contribution in [3.05, 3.63) is 82.3 Å². The predicted octanol–water partition coefficient (Wildman–Crippen LogP) is 2.21. The van der Waals surface area contributed by atoms with Gasteiger partial charge in [0.05, 0.1) is 0 Å². The standard InChI is InChI=1S/C19H18N2O3S/c22-18-16-9-5-4-8-15(16)12-17(21-18)19(23)20-10-11-25(24)13-14-6-2-1-3-7-14/h1-9,12H,10-11,13H2,(H,20,23)(H,21,22). The van der Waals surface area contributed by atoms with Crippen molar-refractivity contribution in [1.29, 1.82) is 0 Å². The van der Waals surface area contributed by atoms with Crippen LogP contribution in [0.1, 0.15) is 16.1 Å². The molecular weight excluding hydrogens is 336 g/mol. The van der Waals surface area contributed by atoms with Crippen LogP contribution in [0.25, 0.3) is 10.8 Å². The fourth-order valence-electron chi connectivity index (χ4n) is 2.54. The molecule has 0 aliphatic heterocycles. The molecule has 0 aliphatic rings. The molecule has 5 nitrogen and oxygen atoms in total. The van der Waals surface area contributed by atoms with Crippen LogP contribution in [0.4, 0.5) is 0 Å². The Balaban J connectivity index is 1.58. The van der Waals surface area contributed by atoms with Crippen molar-refractivity contribution in [3.8, 4) is 0 Å². The number of carbonyl (C=O) groups excluding carboxylic acids is 1. The molecular formula is C19H18N2O3S. The van der Waals surface area contributed by atoms with Crippen LogP contribution in [-0.4, -0.2) is 27.4 Å². The van der Waals surface area contributed by atoms with Crippen LogP contribution >= 0.6 is 0 Å². The Morgan fingerprint density at radius 3 is 2.56 bits per heavy atom. The first kappa shape index (κ1) is 17.1. The maximum absolute atomic E-state index is 12.2. The number of hydrogen-bond donors (Lipinski definition) is 2. The van der Waals surface area contributed by atoms with Crippen LogP contribution in [0.3, 0.4) is 0 Å². The zero-order valence-electron chi connectivity index (χ0n) is 13.5. The van der Waals surface area contributed by atoms with Crippen molar-refractivity contribution in [1.82, 2.24) is 10.3 Å². The minimum absolute atomic E-state index is 0.206. The topological polar surface area (TPSA) is 79.0 Å². The molecule has 1 heterocycles. The van der Waals surface area contributed by atoms with E-state index >= 15 is 0 Å². The zero-order valence-corrected chi connectivity index (χ0v) is 14.3. The summed E-state index contributed by atoms with van der Waals surface area (Å²) in [6, 6.07) is 18.3. The van der Waals surface area contributed by atoms with E-state index in [1.54, 1.807) is 24.3 Å². The number of aromatic nitrogens is 1. The van der Waals surface area contributed by atoms with Crippen LogP contribution in [0.15, 0.2) is 65.5 Å². The lowest BCUT2D eigenvalue weighted by atomic mass is 10.1. The number of pyridine rings is 1. The summed E-state index contributed by atoms with van der Waals surface area (Å²) in [5.41, 5.74) is 0.916. The van der Waals surface area contributed by atoms with Gasteiger partial charge in [-0.25, -0.2) is 0 Å². The van der Waals surface area contributed by atoms with E-state index in [1.807, 2.05) is 36.4 Å². The van der Waals surface area contributed by atoms with Gasteiger partial charge in [-0.15, -0.1) is 0 Å². The number of H-pyrrole nitrogens is 1. The highest BCUT2D eigenvalue weighted by Crippen LogP contribution is 2.09. The summed E-state index contributed by atoms with van der Waals surface area (Å²) in [5.74, 6) is 0.446. The summed E-state index contributed by atoms with van der Waals surface area (Å²) in [6.45, 7) is 0.285. The lowest BCUT2D eigenvalue weighted by Crippen LogP contribution is -2.30. The summed E-state index contributed by atoms with van der Waals surface area (Å²) >= 11 is 0. The summed E-state index contributed by atoms with van der Waals surface area (Å²) in [5, 5.41) is 3.96. The molecule has 25 heavy (non-hydrogen) atoms. The van der Waals surface area contributed by atoms with E-state index in [0.717, 1.165) is 5.56 Å². The predicted molar refractivity (Wildman–Crippen MR) is 100 cm³/mol. The van der Waals surface area contributed by atoms with Gasteiger partial charge in [0.1, 0.15) is 5.69 Å². The maximum atomic E-state index is 12.2. The third kappa shape index (κ3) is 4.42. The molecule has 6 heteroatoms. The van der Waals surface area contributed by atoms with Crippen molar-refractivity contribution in [3.63, 3.8) is 0 Å². The van der Waals surface area contributed by atoms with E-state index < -0.39 is 10.8 Å². The van der Waals surface area contributed by atoms with Crippen LogP contribution in [0.5, 0.6) is 0 Å². The summed E-state index contributed by atoms with van der Waals surface area (Å²) in [7, 11) is -1.06. The van der Waals surface area contributed by atoms with Crippen molar-refractivity contribution in [2.75, 3.05) is 12.3 Å². The Bertz CT molecular complexity index is 967. The second-order valence-electron chi connectivity index (χ2n) is 5.63. The zero-order chi connectivity index (χ0) is 17.6. The first-order chi connectivity index (χ1) is 12.1. The second-order valence-corrected chi connectivity index (χ2v) is 7.21. The van der Waals surface area contributed by atoms with Gasteiger partial charge in [-0.2, -0.15) is 0 Å². The molecule has 1 unspecified atom stereocenters. The van der Waals surface area contributed by atoms with Gasteiger partial charge in [-0.1, -0.05) is 48.5 Å². The Morgan fingerprint density at radius 1 is 1.04 bits per heavy atom. The lowest BCUT2D eigenvalue weighted by molar-refractivity contribution is 0.0951. The molecule has 1 amide bonds. The van der Waals surface area contributed by atoms with Crippen LogP contribution < -0.4 is 10.9 Å². The first-order valence-electron chi connectivity index (χ1n) is 7.92. The minimum atomic E-state index is -1.06. The Hall–Kier alpha value is -2.73. The molecule has 2 N–H and O–H groups in total. The molecule has 0 radical (unpaired) electrons. The van der Waals surface area contributed by atoms with Gasteiger partial charge in [0.25, 0.3) is 11.5 Å². The van der Waals surface area contributed by atoms with E-state index in [4.69, 9.17) is 0 Å². The van der Waals surface area contributed by atoms with Crippen LogP contribution in [0, 0.1) is 0 Å². The smallest absolute Gasteiger partial charge is 0.267 e. The molecule has 0 bridgehead atoms. The molecule has 0 saturated carbocycles. The number of nitrogens with one attached hydrogen (secondary N) is 2. The largest absolute Gasteiger partial charge is 0.350 e. The molecule has 0 saturated heterocycles. The number of hydrogen-bond acceptors (Lipinski definition) is 3. The molecule has 128 valence electrons. The number of fused-ring (bicyclic) bond motifs is 1. The number of carbonyl (C=O) groups is 1. The van der Waals surface area contributed by atoms with E-state index in [-0.39, 0.29) is 23.7 Å². The fourth-order valence-corrected chi connectivity index (χ4v) is 3.58. The molecule has 1 aromatic heterocycles. The SMILES string of the molecule is O=C(NCCS(=O)Cc1ccccc1)c1cc2ccccc2c(=O)[nH]1. The van der Waals surface area contributed by atoms with Gasteiger partial charge in [-0.3, -0.25) is 13.8 Å². The second kappa shape index (κ2) is 7.90. The van der Waals surface area contributed by atoms with E-state index in [9.17, 15) is 13.8 Å². The van der Waals surface area contributed by atoms with Crippen molar-refractivity contribution in [2.24, 2.45) is 0 Å². The number of aromatic amines is 1. The first-order valence-corrected chi connectivity index (χ1v) is 9.41. The number of benzene rings is 2. The van der Waals surface area contributed by atoms with Crippen molar-refractivity contribution in [2.45, 2.75) is 5.75 Å². The van der Waals surface area contributed by atoms with Gasteiger partial charge >= 0.3 is 0 Å². The highest BCUT2D eigenvalue weighted by atomic mass is 32.2. The molecule has 3 rings (SSSR count). The van der Waals surface area contributed by atoms with Gasteiger partial charge in [0, 0.05) is 34.2 Å². The van der Waals surface area contributed by atoms with Gasteiger partial charge in [-0.05, 0) is 23.1 Å². The molecule has 3 aromatic rings. The van der Waals surface area contributed by atoms with E-state index in [0.29, 0.717) is 22.3 Å².